The second-order valence-electron chi connectivity index (χ2n) is 4.16. The van der Waals surface area contributed by atoms with Crippen molar-refractivity contribution in [2.24, 2.45) is 0 Å². The molecule has 0 fully saturated rings. The summed E-state index contributed by atoms with van der Waals surface area (Å²) < 4.78 is 11.5. The highest BCUT2D eigenvalue weighted by molar-refractivity contribution is 9.10. The molecule has 3 rings (SSSR count). The van der Waals surface area contributed by atoms with E-state index in [0.717, 1.165) is 0 Å². The molecular weight excluding hydrogens is 324 g/mol. The number of carbonyl (C=O) groups is 1. The van der Waals surface area contributed by atoms with Crippen LogP contribution >= 0.6 is 15.9 Å². The summed E-state index contributed by atoms with van der Waals surface area (Å²) in [5.74, 6) is 1.05. The van der Waals surface area contributed by atoms with Crippen LogP contribution < -0.4 is 14.8 Å². The molecule has 20 heavy (non-hydrogen) atoms. The predicted octanol–water partition coefficient (Wildman–Crippen LogP) is 2.87. The van der Waals surface area contributed by atoms with Crippen molar-refractivity contribution in [3.8, 4) is 11.5 Å². The number of hydrogen-bond donors (Lipinski definition) is 1. The van der Waals surface area contributed by atoms with Crippen LogP contribution in [0.25, 0.3) is 0 Å². The number of amides is 1. The van der Waals surface area contributed by atoms with E-state index in [1.807, 2.05) is 0 Å². The average molecular weight is 335 g/mol. The fourth-order valence-electron chi connectivity index (χ4n) is 1.85. The van der Waals surface area contributed by atoms with Gasteiger partial charge in [-0.25, -0.2) is 4.98 Å². The molecule has 1 aromatic heterocycles. The Balaban J connectivity index is 1.79. The number of fused-ring (bicyclic) bond motifs is 1. The summed E-state index contributed by atoms with van der Waals surface area (Å²) in [5, 5.41) is 2.78. The average Bonchev–Trinajstić information content (AvgIpc) is 2.47. The van der Waals surface area contributed by atoms with Gasteiger partial charge in [-0.05, 0) is 40.2 Å². The third kappa shape index (κ3) is 2.75. The molecule has 0 aliphatic carbocycles. The van der Waals surface area contributed by atoms with Crippen molar-refractivity contribution in [3.05, 3.63) is 46.7 Å². The Labute approximate surface area is 124 Å². The maximum atomic E-state index is 12.1. The molecule has 5 nitrogen and oxygen atoms in total. The maximum Gasteiger partial charge on any atom is 0.274 e. The first-order chi connectivity index (χ1) is 9.72. The van der Waals surface area contributed by atoms with Crippen LogP contribution in [-0.4, -0.2) is 24.1 Å². The number of carbonyl (C=O) groups excluding carboxylic acids is 1. The van der Waals surface area contributed by atoms with Crippen LogP contribution in [0.3, 0.4) is 0 Å². The Morgan fingerprint density at radius 3 is 2.75 bits per heavy atom. The molecule has 0 spiro atoms. The van der Waals surface area contributed by atoms with E-state index < -0.39 is 0 Å². The molecule has 0 radical (unpaired) electrons. The van der Waals surface area contributed by atoms with E-state index in [-0.39, 0.29) is 5.91 Å². The Bertz CT molecular complexity index is 661. The molecule has 1 aromatic carbocycles. The molecule has 1 N–H and O–H groups in total. The Kier molecular flexibility index (Phi) is 3.56. The number of anilines is 1. The molecule has 0 bridgehead atoms. The topological polar surface area (TPSA) is 60.5 Å². The van der Waals surface area contributed by atoms with Gasteiger partial charge in [0, 0.05) is 11.8 Å². The number of aromatic nitrogens is 1. The van der Waals surface area contributed by atoms with E-state index in [1.165, 1.54) is 0 Å². The quantitative estimate of drug-likeness (QED) is 0.858. The molecule has 1 amide bonds. The zero-order chi connectivity index (χ0) is 13.9. The van der Waals surface area contributed by atoms with Crippen molar-refractivity contribution in [2.45, 2.75) is 0 Å². The molecule has 0 saturated heterocycles. The predicted molar refractivity (Wildman–Crippen MR) is 77.3 cm³/mol. The fourth-order valence-corrected chi connectivity index (χ4v) is 2.19. The maximum absolute atomic E-state index is 12.1. The van der Waals surface area contributed by atoms with E-state index in [0.29, 0.717) is 40.7 Å². The van der Waals surface area contributed by atoms with Gasteiger partial charge in [0.05, 0.1) is 0 Å². The lowest BCUT2D eigenvalue weighted by Gasteiger charge is -2.18. The lowest BCUT2D eigenvalue weighted by atomic mass is 10.2. The summed E-state index contributed by atoms with van der Waals surface area (Å²) in [6.45, 7) is 1.05. The summed E-state index contributed by atoms with van der Waals surface area (Å²) in [7, 11) is 0. The first kappa shape index (κ1) is 12.9. The van der Waals surface area contributed by atoms with Crippen LogP contribution in [0.2, 0.25) is 0 Å². The van der Waals surface area contributed by atoms with Gasteiger partial charge in [0.2, 0.25) is 0 Å². The van der Waals surface area contributed by atoms with Gasteiger partial charge in [-0.3, -0.25) is 4.79 Å². The highest BCUT2D eigenvalue weighted by atomic mass is 79.9. The monoisotopic (exact) mass is 334 g/mol. The SMILES string of the molecule is O=C(Nc1ccc2c(c1)OCCO2)c1cccc(Br)n1. The molecule has 1 aliphatic rings. The van der Waals surface area contributed by atoms with Crippen LogP contribution in [0, 0.1) is 0 Å². The molecule has 2 heterocycles. The molecule has 0 unspecified atom stereocenters. The number of benzene rings is 1. The van der Waals surface area contributed by atoms with Crippen molar-refractivity contribution in [1.82, 2.24) is 4.98 Å². The highest BCUT2D eigenvalue weighted by Gasteiger charge is 2.13. The van der Waals surface area contributed by atoms with Crippen molar-refractivity contribution < 1.29 is 14.3 Å². The van der Waals surface area contributed by atoms with Gasteiger partial charge >= 0.3 is 0 Å². The third-order valence-electron chi connectivity index (χ3n) is 2.75. The Morgan fingerprint density at radius 2 is 1.95 bits per heavy atom. The van der Waals surface area contributed by atoms with E-state index >= 15 is 0 Å². The molecule has 0 atom stereocenters. The van der Waals surface area contributed by atoms with Crippen LogP contribution in [0.4, 0.5) is 5.69 Å². The smallest absolute Gasteiger partial charge is 0.274 e. The van der Waals surface area contributed by atoms with Crippen LogP contribution in [0.1, 0.15) is 10.5 Å². The number of ether oxygens (including phenoxy) is 2. The van der Waals surface area contributed by atoms with Crippen molar-refractivity contribution in [3.63, 3.8) is 0 Å². The lowest BCUT2D eigenvalue weighted by molar-refractivity contribution is 0.102. The second-order valence-corrected chi connectivity index (χ2v) is 4.97. The van der Waals surface area contributed by atoms with Gasteiger partial charge < -0.3 is 14.8 Å². The molecule has 102 valence electrons. The summed E-state index contributed by atoms with van der Waals surface area (Å²) >= 11 is 3.24. The van der Waals surface area contributed by atoms with Gasteiger partial charge in [0.1, 0.15) is 23.5 Å². The van der Waals surface area contributed by atoms with Crippen LogP contribution in [0.15, 0.2) is 41.0 Å². The summed E-state index contributed by atoms with van der Waals surface area (Å²) in [6.07, 6.45) is 0. The normalized spacial score (nSPS) is 12.8. The lowest BCUT2D eigenvalue weighted by Crippen LogP contribution is -2.17. The highest BCUT2D eigenvalue weighted by Crippen LogP contribution is 2.32. The minimum atomic E-state index is -0.275. The number of pyridine rings is 1. The summed E-state index contributed by atoms with van der Waals surface area (Å²) in [4.78, 5) is 16.2. The number of nitrogens with zero attached hydrogens (tertiary/aromatic N) is 1. The standard InChI is InChI=1S/C14H11BrN2O3/c15-13-3-1-2-10(17-13)14(18)16-9-4-5-11-12(8-9)20-7-6-19-11/h1-5,8H,6-7H2,(H,16,18). The minimum absolute atomic E-state index is 0.275. The summed E-state index contributed by atoms with van der Waals surface area (Å²) in [6, 6.07) is 10.5. The number of halogens is 1. The molecule has 2 aromatic rings. The zero-order valence-electron chi connectivity index (χ0n) is 10.4. The molecule has 6 heteroatoms. The van der Waals surface area contributed by atoms with Crippen LogP contribution in [-0.2, 0) is 0 Å². The number of hydrogen-bond acceptors (Lipinski definition) is 4. The van der Waals surface area contributed by atoms with E-state index in [1.54, 1.807) is 36.4 Å². The summed E-state index contributed by atoms with van der Waals surface area (Å²) in [5.41, 5.74) is 0.982. The van der Waals surface area contributed by atoms with Gasteiger partial charge in [-0.2, -0.15) is 0 Å². The first-order valence-corrected chi connectivity index (χ1v) is 6.85. The van der Waals surface area contributed by atoms with Gasteiger partial charge in [-0.15, -0.1) is 0 Å². The second kappa shape index (κ2) is 5.50. The zero-order valence-corrected chi connectivity index (χ0v) is 12.0. The molecule has 0 saturated carbocycles. The minimum Gasteiger partial charge on any atom is -0.486 e. The number of nitrogens with one attached hydrogen (secondary N) is 1. The fraction of sp³-hybridized carbons (Fsp3) is 0.143. The Morgan fingerprint density at radius 1 is 1.15 bits per heavy atom. The van der Waals surface area contributed by atoms with Gasteiger partial charge in [0.25, 0.3) is 5.91 Å². The van der Waals surface area contributed by atoms with E-state index in [2.05, 4.69) is 26.2 Å². The van der Waals surface area contributed by atoms with Crippen molar-refractivity contribution in [1.29, 1.82) is 0 Å². The van der Waals surface area contributed by atoms with E-state index in [9.17, 15) is 4.79 Å². The van der Waals surface area contributed by atoms with Gasteiger partial charge in [-0.1, -0.05) is 6.07 Å². The van der Waals surface area contributed by atoms with E-state index in [4.69, 9.17) is 9.47 Å². The van der Waals surface area contributed by atoms with Gasteiger partial charge in [0.15, 0.2) is 11.5 Å². The van der Waals surface area contributed by atoms with Crippen LogP contribution in [0.5, 0.6) is 11.5 Å². The van der Waals surface area contributed by atoms with Crippen molar-refractivity contribution in [2.75, 3.05) is 18.5 Å². The number of rotatable bonds is 2. The first-order valence-electron chi connectivity index (χ1n) is 6.06. The Hall–Kier alpha value is -2.08. The molecule has 1 aliphatic heterocycles. The van der Waals surface area contributed by atoms with Crippen molar-refractivity contribution >= 4 is 27.5 Å². The third-order valence-corrected chi connectivity index (χ3v) is 3.19. The largest absolute Gasteiger partial charge is 0.486 e. The molecular formula is C14H11BrN2O3.